The standard InChI is InChI=1S/C23H34N4O3/c1-25-11-12-27(17-21(25)22(28)24-16-18-7-13-30-14-8-18)23(29)19-5-4-6-20(15-19)26-9-2-3-10-26/h4-6,15,18,21H,2-3,7-14,16-17H2,1H3,(H,24,28). The monoisotopic (exact) mass is 414 g/mol. The average Bonchev–Trinajstić information content (AvgIpc) is 3.33. The highest BCUT2D eigenvalue weighted by Crippen LogP contribution is 2.22. The molecule has 7 heteroatoms. The molecule has 0 spiro atoms. The van der Waals surface area contributed by atoms with Gasteiger partial charge >= 0.3 is 0 Å². The Kier molecular flexibility index (Phi) is 6.89. The number of anilines is 1. The minimum Gasteiger partial charge on any atom is -0.381 e. The number of rotatable bonds is 5. The van der Waals surface area contributed by atoms with Crippen molar-refractivity contribution in [1.29, 1.82) is 0 Å². The molecule has 0 saturated carbocycles. The third-order valence-corrected chi connectivity index (χ3v) is 6.71. The number of hydrogen-bond donors (Lipinski definition) is 1. The topological polar surface area (TPSA) is 65.1 Å². The van der Waals surface area contributed by atoms with Crippen molar-refractivity contribution in [2.24, 2.45) is 5.92 Å². The largest absolute Gasteiger partial charge is 0.381 e. The van der Waals surface area contributed by atoms with Crippen LogP contribution in [0, 0.1) is 5.92 Å². The first-order chi connectivity index (χ1) is 14.6. The Hall–Kier alpha value is -2.12. The summed E-state index contributed by atoms with van der Waals surface area (Å²) in [5.74, 6) is 0.529. The van der Waals surface area contributed by atoms with Gasteiger partial charge in [-0.05, 0) is 56.8 Å². The summed E-state index contributed by atoms with van der Waals surface area (Å²) in [7, 11) is 1.97. The molecule has 0 bridgehead atoms. The maximum absolute atomic E-state index is 13.2. The van der Waals surface area contributed by atoms with E-state index in [2.05, 4.69) is 21.2 Å². The number of nitrogens with zero attached hydrogens (tertiary/aromatic N) is 3. The highest BCUT2D eigenvalue weighted by atomic mass is 16.5. The molecule has 1 aromatic carbocycles. The van der Waals surface area contributed by atoms with Crippen LogP contribution >= 0.6 is 0 Å². The van der Waals surface area contributed by atoms with Crippen LogP contribution in [-0.2, 0) is 9.53 Å². The van der Waals surface area contributed by atoms with Crippen LogP contribution in [0.3, 0.4) is 0 Å². The summed E-state index contributed by atoms with van der Waals surface area (Å²) in [4.78, 5) is 32.3. The van der Waals surface area contributed by atoms with Gasteiger partial charge < -0.3 is 19.9 Å². The second-order valence-corrected chi connectivity index (χ2v) is 8.79. The van der Waals surface area contributed by atoms with Crippen molar-refractivity contribution in [3.05, 3.63) is 29.8 Å². The Bertz CT molecular complexity index is 744. The minimum absolute atomic E-state index is 0.0198. The molecule has 3 fully saturated rings. The van der Waals surface area contributed by atoms with E-state index in [9.17, 15) is 9.59 Å². The minimum atomic E-state index is -0.302. The molecule has 2 amide bonds. The molecule has 1 atom stereocenters. The van der Waals surface area contributed by atoms with E-state index in [1.807, 2.05) is 30.1 Å². The molecule has 4 rings (SSSR count). The van der Waals surface area contributed by atoms with Crippen molar-refractivity contribution >= 4 is 17.5 Å². The lowest BCUT2D eigenvalue weighted by Gasteiger charge is -2.38. The Morgan fingerprint density at radius 3 is 2.63 bits per heavy atom. The zero-order valence-corrected chi connectivity index (χ0v) is 18.0. The van der Waals surface area contributed by atoms with Gasteiger partial charge in [-0.3, -0.25) is 14.5 Å². The molecule has 3 aliphatic heterocycles. The van der Waals surface area contributed by atoms with Crippen molar-refractivity contribution in [1.82, 2.24) is 15.1 Å². The fourth-order valence-electron chi connectivity index (χ4n) is 4.65. The predicted octanol–water partition coefficient (Wildman–Crippen LogP) is 1.59. The Morgan fingerprint density at radius 1 is 1.10 bits per heavy atom. The third kappa shape index (κ3) is 4.95. The predicted molar refractivity (Wildman–Crippen MR) is 117 cm³/mol. The maximum Gasteiger partial charge on any atom is 0.254 e. The molecule has 3 aliphatic rings. The van der Waals surface area contributed by atoms with Gasteiger partial charge in [-0.2, -0.15) is 0 Å². The average molecular weight is 415 g/mol. The van der Waals surface area contributed by atoms with Crippen molar-refractivity contribution in [3.63, 3.8) is 0 Å². The van der Waals surface area contributed by atoms with Crippen LogP contribution in [-0.4, -0.2) is 87.2 Å². The Labute approximate surface area is 179 Å². The van der Waals surface area contributed by atoms with E-state index in [1.54, 1.807) is 0 Å². The highest BCUT2D eigenvalue weighted by molar-refractivity contribution is 5.96. The van der Waals surface area contributed by atoms with Crippen LogP contribution in [0.1, 0.15) is 36.0 Å². The van der Waals surface area contributed by atoms with Crippen LogP contribution < -0.4 is 10.2 Å². The van der Waals surface area contributed by atoms with Crippen molar-refractivity contribution in [3.8, 4) is 0 Å². The van der Waals surface area contributed by atoms with Crippen molar-refractivity contribution < 1.29 is 14.3 Å². The third-order valence-electron chi connectivity index (χ3n) is 6.71. The molecule has 1 unspecified atom stereocenters. The number of nitrogens with one attached hydrogen (secondary N) is 1. The van der Waals surface area contributed by atoms with Gasteiger partial charge in [0.1, 0.15) is 6.04 Å². The Morgan fingerprint density at radius 2 is 1.87 bits per heavy atom. The molecular formula is C23H34N4O3. The first-order valence-corrected chi connectivity index (χ1v) is 11.3. The fourth-order valence-corrected chi connectivity index (χ4v) is 4.65. The van der Waals surface area contributed by atoms with Crippen LogP contribution in [0.5, 0.6) is 0 Å². The van der Waals surface area contributed by atoms with E-state index >= 15 is 0 Å². The number of likely N-dealkylation sites (N-methyl/N-ethyl adjacent to an activating group) is 1. The summed E-state index contributed by atoms with van der Waals surface area (Å²) in [5.41, 5.74) is 1.84. The van der Waals surface area contributed by atoms with Gasteiger partial charge in [0.2, 0.25) is 5.91 Å². The van der Waals surface area contributed by atoms with E-state index in [0.29, 0.717) is 37.7 Å². The molecular weight excluding hydrogens is 380 g/mol. The summed E-state index contributed by atoms with van der Waals surface area (Å²) in [6.07, 6.45) is 4.42. The summed E-state index contributed by atoms with van der Waals surface area (Å²) >= 11 is 0. The second kappa shape index (κ2) is 9.79. The molecule has 1 N–H and O–H groups in total. The van der Waals surface area contributed by atoms with Gasteiger partial charge in [-0.15, -0.1) is 0 Å². The smallest absolute Gasteiger partial charge is 0.254 e. The first kappa shape index (κ1) is 21.1. The lowest BCUT2D eigenvalue weighted by Crippen LogP contribution is -2.59. The first-order valence-electron chi connectivity index (χ1n) is 11.3. The number of hydrogen-bond acceptors (Lipinski definition) is 5. The van der Waals surface area contributed by atoms with E-state index in [0.717, 1.165) is 44.8 Å². The van der Waals surface area contributed by atoms with Crippen LogP contribution in [0.2, 0.25) is 0 Å². The molecule has 0 radical (unpaired) electrons. The van der Waals surface area contributed by atoms with E-state index in [4.69, 9.17) is 4.74 Å². The number of piperazine rings is 1. The number of ether oxygens (including phenoxy) is 1. The normalized spacial score (nSPS) is 23.6. The SMILES string of the molecule is CN1CCN(C(=O)c2cccc(N3CCCC3)c2)CC1C(=O)NCC1CCOCC1. The quantitative estimate of drug-likeness (QED) is 0.793. The van der Waals surface area contributed by atoms with Crippen LogP contribution in [0.4, 0.5) is 5.69 Å². The number of amides is 2. The second-order valence-electron chi connectivity index (χ2n) is 8.79. The number of carbonyl (C=O) groups excluding carboxylic acids is 2. The van der Waals surface area contributed by atoms with Gasteiger partial charge in [0.15, 0.2) is 0 Å². The Balaban J connectivity index is 1.36. The van der Waals surface area contributed by atoms with Crippen LogP contribution in [0.25, 0.3) is 0 Å². The molecule has 0 aliphatic carbocycles. The summed E-state index contributed by atoms with van der Waals surface area (Å²) < 4.78 is 5.40. The van der Waals surface area contributed by atoms with Gasteiger partial charge in [-0.25, -0.2) is 0 Å². The molecule has 0 aromatic heterocycles. The summed E-state index contributed by atoms with van der Waals surface area (Å²) in [6.45, 7) is 6.15. The molecule has 164 valence electrons. The summed E-state index contributed by atoms with van der Waals surface area (Å²) in [6, 6.07) is 7.64. The lowest BCUT2D eigenvalue weighted by molar-refractivity contribution is -0.128. The summed E-state index contributed by atoms with van der Waals surface area (Å²) in [5, 5.41) is 3.12. The van der Waals surface area contributed by atoms with Crippen LogP contribution in [0.15, 0.2) is 24.3 Å². The molecule has 3 heterocycles. The molecule has 3 saturated heterocycles. The van der Waals surface area contributed by atoms with E-state index < -0.39 is 0 Å². The number of carbonyl (C=O) groups is 2. The fraction of sp³-hybridized carbons (Fsp3) is 0.652. The lowest BCUT2D eigenvalue weighted by atomic mass is 10.00. The zero-order chi connectivity index (χ0) is 20.9. The molecule has 1 aromatic rings. The van der Waals surface area contributed by atoms with Gasteiger partial charge in [0, 0.05) is 63.7 Å². The van der Waals surface area contributed by atoms with E-state index in [1.165, 1.54) is 12.8 Å². The van der Waals surface area contributed by atoms with E-state index in [-0.39, 0.29) is 17.9 Å². The van der Waals surface area contributed by atoms with Gasteiger partial charge in [0.25, 0.3) is 5.91 Å². The molecule has 7 nitrogen and oxygen atoms in total. The zero-order valence-electron chi connectivity index (χ0n) is 18.0. The maximum atomic E-state index is 13.2. The van der Waals surface area contributed by atoms with Gasteiger partial charge in [0.05, 0.1) is 0 Å². The molecule has 30 heavy (non-hydrogen) atoms. The number of benzene rings is 1. The van der Waals surface area contributed by atoms with Crippen molar-refractivity contribution in [2.75, 3.05) is 64.4 Å². The highest BCUT2D eigenvalue weighted by Gasteiger charge is 2.33. The van der Waals surface area contributed by atoms with Crippen molar-refractivity contribution in [2.45, 2.75) is 31.7 Å². The van der Waals surface area contributed by atoms with Gasteiger partial charge in [-0.1, -0.05) is 6.07 Å².